The van der Waals surface area contributed by atoms with Gasteiger partial charge < -0.3 is 4.74 Å². The predicted octanol–water partition coefficient (Wildman–Crippen LogP) is 5.40. The van der Waals surface area contributed by atoms with Crippen LogP contribution in [0.4, 0.5) is 65.9 Å². The molecule has 0 aromatic rings. The largest absolute Gasteiger partial charge is 0.460 e. The Morgan fingerprint density at radius 3 is 1.52 bits per heavy atom. The molecule has 0 unspecified atom stereocenters. The van der Waals surface area contributed by atoms with Gasteiger partial charge in [0.05, 0.1) is 0 Å². The van der Waals surface area contributed by atoms with Crippen molar-refractivity contribution in [2.45, 2.75) is 61.4 Å². The average molecular weight is 472 g/mol. The van der Waals surface area contributed by atoms with Crippen molar-refractivity contribution in [2.75, 3.05) is 6.61 Å². The second-order valence-electron chi connectivity index (χ2n) is 5.53. The smallest absolute Gasteiger partial charge is 0.342 e. The van der Waals surface area contributed by atoms with E-state index in [1.807, 2.05) is 0 Å². The topological polar surface area (TPSA) is 31.0 Å². The van der Waals surface area contributed by atoms with Gasteiger partial charge in [-0.05, 0) is 0 Å². The van der Waals surface area contributed by atoms with E-state index in [9.17, 15) is 65.9 Å². The molecule has 0 aromatic heterocycles. The molecule has 1 rings (SSSR count). The summed E-state index contributed by atoms with van der Waals surface area (Å²) in [4.78, 5) is 0. The second kappa shape index (κ2) is 7.21. The van der Waals surface area contributed by atoms with Crippen molar-refractivity contribution in [3.8, 4) is 0 Å². The first kappa shape index (κ1) is 25.9. The normalized spacial score (nSPS) is 22.3. The highest BCUT2D eigenvalue weighted by atomic mass is 19.4. The monoisotopic (exact) mass is 472 g/mol. The summed E-state index contributed by atoms with van der Waals surface area (Å²) in [7, 11) is 0. The minimum atomic E-state index is -7.78. The van der Waals surface area contributed by atoms with Gasteiger partial charge in [-0.1, -0.05) is 0 Å². The number of alkyl halides is 15. The molecule has 0 radical (unpaired) electrons. The first-order chi connectivity index (χ1) is 12.5. The van der Waals surface area contributed by atoms with Gasteiger partial charge in [-0.25, -0.2) is 13.5 Å². The van der Waals surface area contributed by atoms with Crippen LogP contribution in [-0.2, 0) is 14.2 Å². The Kier molecular flexibility index (Phi) is 6.43. The van der Waals surface area contributed by atoms with E-state index >= 15 is 0 Å². The maximum atomic E-state index is 13.4. The molecule has 1 heterocycles. The first-order valence-corrected chi connectivity index (χ1v) is 6.82. The van der Waals surface area contributed by atoms with E-state index in [0.717, 1.165) is 0 Å². The lowest BCUT2D eigenvalue weighted by atomic mass is 10.1. The van der Waals surface area contributed by atoms with Gasteiger partial charge in [0, 0.05) is 12.8 Å². The standard InChI is InChI=1S/C11H7F15O3/c12-4(13)1-2-5(3-27-5)28-10(23,24)11(25,26)29-9(21,22)7(16,17)6(14,15)8(18,19)20/h4H,1-3H2/t5-/m0/s1. The van der Waals surface area contributed by atoms with Gasteiger partial charge in [0.25, 0.3) is 0 Å². The highest BCUT2D eigenvalue weighted by Gasteiger charge is 2.85. The number of hydrogen-bond acceptors (Lipinski definition) is 3. The minimum absolute atomic E-state index is 1.07. The molecule has 0 aromatic carbocycles. The minimum Gasteiger partial charge on any atom is -0.342 e. The van der Waals surface area contributed by atoms with Gasteiger partial charge in [-0.3, -0.25) is 4.74 Å². The third kappa shape index (κ3) is 4.95. The number of hydrogen-bond donors (Lipinski definition) is 0. The van der Waals surface area contributed by atoms with Gasteiger partial charge in [0.15, 0.2) is 5.79 Å². The molecule has 18 heteroatoms. The van der Waals surface area contributed by atoms with Crippen LogP contribution in [-0.4, -0.2) is 55.2 Å². The van der Waals surface area contributed by atoms with Crippen LogP contribution in [0.2, 0.25) is 0 Å². The molecule has 1 saturated heterocycles. The summed E-state index contributed by atoms with van der Waals surface area (Å²) in [6.45, 7) is -1.07. The van der Waals surface area contributed by atoms with Crippen molar-refractivity contribution in [2.24, 2.45) is 0 Å². The van der Waals surface area contributed by atoms with Crippen LogP contribution in [0.15, 0.2) is 0 Å². The van der Waals surface area contributed by atoms with Crippen LogP contribution in [0.25, 0.3) is 0 Å². The number of rotatable bonds is 10. The third-order valence-corrected chi connectivity index (χ3v) is 3.24. The number of ether oxygens (including phenoxy) is 3. The Hall–Kier alpha value is -1.17. The molecular weight excluding hydrogens is 465 g/mol. The summed E-state index contributed by atoms with van der Waals surface area (Å²) in [5.41, 5.74) is 0. The zero-order chi connectivity index (χ0) is 23.3. The Labute approximate surface area is 149 Å². The van der Waals surface area contributed by atoms with Crippen LogP contribution in [0.3, 0.4) is 0 Å². The molecule has 1 aliphatic heterocycles. The van der Waals surface area contributed by atoms with E-state index < -0.39 is 68.0 Å². The van der Waals surface area contributed by atoms with Crippen LogP contribution >= 0.6 is 0 Å². The summed E-state index contributed by atoms with van der Waals surface area (Å²) in [6.07, 6.45) is -34.0. The molecule has 1 atom stereocenters. The van der Waals surface area contributed by atoms with E-state index in [2.05, 4.69) is 9.47 Å². The van der Waals surface area contributed by atoms with E-state index in [4.69, 9.17) is 0 Å². The van der Waals surface area contributed by atoms with Crippen molar-refractivity contribution in [3.05, 3.63) is 0 Å². The quantitative estimate of drug-likeness (QED) is 0.315. The van der Waals surface area contributed by atoms with Gasteiger partial charge in [0.1, 0.15) is 6.61 Å². The van der Waals surface area contributed by atoms with Crippen LogP contribution in [0, 0.1) is 0 Å². The summed E-state index contributed by atoms with van der Waals surface area (Å²) in [5, 5.41) is 0. The molecule has 174 valence electrons. The van der Waals surface area contributed by atoms with Crippen molar-refractivity contribution in [3.63, 3.8) is 0 Å². The van der Waals surface area contributed by atoms with E-state index in [0.29, 0.717) is 0 Å². The lowest BCUT2D eigenvalue weighted by Gasteiger charge is -2.36. The Bertz CT molecular complexity index is 581. The maximum Gasteiger partial charge on any atom is 0.460 e. The highest BCUT2D eigenvalue weighted by Crippen LogP contribution is 2.56. The van der Waals surface area contributed by atoms with Crippen molar-refractivity contribution < 1.29 is 80.1 Å². The summed E-state index contributed by atoms with van der Waals surface area (Å²) >= 11 is 0. The van der Waals surface area contributed by atoms with Crippen molar-refractivity contribution >= 4 is 0 Å². The lowest BCUT2D eigenvalue weighted by molar-refractivity contribution is -0.531. The Balaban J connectivity index is 3.07. The molecular formula is C11H7F15O3. The molecule has 1 aliphatic rings. The molecule has 0 spiro atoms. The van der Waals surface area contributed by atoms with Crippen LogP contribution in [0.1, 0.15) is 12.8 Å². The van der Waals surface area contributed by atoms with E-state index in [1.165, 1.54) is 0 Å². The second-order valence-corrected chi connectivity index (χ2v) is 5.53. The molecule has 0 bridgehead atoms. The molecule has 0 saturated carbocycles. The van der Waals surface area contributed by atoms with Gasteiger partial charge in [-0.15, -0.1) is 0 Å². The predicted molar refractivity (Wildman–Crippen MR) is 56.9 cm³/mol. The Morgan fingerprint density at radius 2 is 1.17 bits per heavy atom. The van der Waals surface area contributed by atoms with E-state index in [1.54, 1.807) is 4.74 Å². The Morgan fingerprint density at radius 1 is 0.724 bits per heavy atom. The molecule has 29 heavy (non-hydrogen) atoms. The van der Waals surface area contributed by atoms with Gasteiger partial charge in [-0.2, -0.15) is 57.1 Å². The van der Waals surface area contributed by atoms with Crippen molar-refractivity contribution in [1.29, 1.82) is 0 Å². The van der Waals surface area contributed by atoms with E-state index in [-0.39, 0.29) is 0 Å². The van der Waals surface area contributed by atoms with Crippen LogP contribution in [0.5, 0.6) is 0 Å². The molecule has 1 fully saturated rings. The fourth-order valence-electron chi connectivity index (χ4n) is 1.60. The molecule has 0 aliphatic carbocycles. The van der Waals surface area contributed by atoms with Gasteiger partial charge >= 0.3 is 36.3 Å². The number of epoxide rings is 1. The van der Waals surface area contributed by atoms with Crippen molar-refractivity contribution in [1.82, 2.24) is 0 Å². The fraction of sp³-hybridized carbons (Fsp3) is 1.00. The van der Waals surface area contributed by atoms with Gasteiger partial charge in [0.2, 0.25) is 6.43 Å². The first-order valence-electron chi connectivity index (χ1n) is 6.82. The fourth-order valence-corrected chi connectivity index (χ4v) is 1.60. The average Bonchev–Trinajstić information content (AvgIpc) is 3.21. The third-order valence-electron chi connectivity index (χ3n) is 3.24. The molecule has 0 amide bonds. The highest BCUT2D eigenvalue weighted by molar-refractivity contribution is 4.97. The lowest BCUT2D eigenvalue weighted by Crippen LogP contribution is -2.64. The zero-order valence-electron chi connectivity index (χ0n) is 13.1. The number of halogens is 15. The molecule has 0 N–H and O–H groups in total. The maximum absolute atomic E-state index is 13.4. The zero-order valence-corrected chi connectivity index (χ0v) is 13.1. The summed E-state index contributed by atoms with van der Waals surface area (Å²) in [6, 6.07) is 0. The summed E-state index contributed by atoms with van der Waals surface area (Å²) in [5.74, 6) is -18.4. The van der Waals surface area contributed by atoms with Crippen LogP contribution < -0.4 is 0 Å². The summed E-state index contributed by atoms with van der Waals surface area (Å²) < 4.78 is 199. The SMILES string of the molecule is FC(F)CC[C@]1(OC(F)(F)C(F)(F)OC(F)(F)C(F)(F)C(F)(F)C(F)(F)F)CO1. The molecule has 3 nitrogen and oxygen atoms in total.